The summed E-state index contributed by atoms with van der Waals surface area (Å²) in [5.41, 5.74) is 1.69. The van der Waals surface area contributed by atoms with Crippen molar-refractivity contribution in [2.24, 2.45) is 0 Å². The SMILES string of the molecule is CN(Cc1ccccc1)C(=O)COC(=O)Cc1ccc(Cl)c(Cl)c1. The van der Waals surface area contributed by atoms with E-state index in [0.29, 0.717) is 22.2 Å². The van der Waals surface area contributed by atoms with Crippen LogP contribution in [0.5, 0.6) is 0 Å². The highest BCUT2D eigenvalue weighted by Crippen LogP contribution is 2.22. The number of amides is 1. The summed E-state index contributed by atoms with van der Waals surface area (Å²) in [4.78, 5) is 25.4. The summed E-state index contributed by atoms with van der Waals surface area (Å²) in [6.07, 6.45) is 0.0343. The van der Waals surface area contributed by atoms with Gasteiger partial charge in [0.1, 0.15) is 0 Å². The molecule has 0 heterocycles. The molecule has 0 unspecified atom stereocenters. The molecule has 0 aliphatic carbocycles. The molecular formula is C18H17Cl2NO3. The molecule has 0 atom stereocenters. The Morgan fingerprint density at radius 3 is 2.38 bits per heavy atom. The Balaban J connectivity index is 1.80. The molecule has 0 radical (unpaired) electrons. The van der Waals surface area contributed by atoms with Crippen molar-refractivity contribution in [3.05, 3.63) is 69.7 Å². The maximum absolute atomic E-state index is 12.0. The number of halogens is 2. The normalized spacial score (nSPS) is 10.3. The Morgan fingerprint density at radius 2 is 1.71 bits per heavy atom. The Hall–Kier alpha value is -2.04. The van der Waals surface area contributed by atoms with E-state index in [0.717, 1.165) is 5.56 Å². The number of hydrogen-bond donors (Lipinski definition) is 0. The zero-order chi connectivity index (χ0) is 17.5. The van der Waals surface area contributed by atoms with Crippen LogP contribution in [-0.2, 0) is 27.3 Å². The van der Waals surface area contributed by atoms with Gasteiger partial charge in [-0.05, 0) is 23.3 Å². The van der Waals surface area contributed by atoms with E-state index in [-0.39, 0.29) is 18.9 Å². The fourth-order valence-electron chi connectivity index (χ4n) is 2.07. The van der Waals surface area contributed by atoms with Crippen LogP contribution < -0.4 is 0 Å². The van der Waals surface area contributed by atoms with Gasteiger partial charge in [0.2, 0.25) is 0 Å². The third-order valence-corrected chi connectivity index (χ3v) is 4.12. The van der Waals surface area contributed by atoms with E-state index in [2.05, 4.69) is 0 Å². The molecule has 0 fully saturated rings. The summed E-state index contributed by atoms with van der Waals surface area (Å²) in [7, 11) is 1.67. The molecule has 0 spiro atoms. The molecule has 2 aromatic carbocycles. The van der Waals surface area contributed by atoms with Gasteiger partial charge in [0.05, 0.1) is 16.5 Å². The maximum Gasteiger partial charge on any atom is 0.310 e. The zero-order valence-electron chi connectivity index (χ0n) is 13.2. The van der Waals surface area contributed by atoms with Crippen LogP contribution in [-0.4, -0.2) is 30.4 Å². The molecule has 2 aromatic rings. The Bertz CT molecular complexity index is 719. The van der Waals surface area contributed by atoms with Crippen LogP contribution in [0.1, 0.15) is 11.1 Å². The highest BCUT2D eigenvalue weighted by molar-refractivity contribution is 6.42. The standard InChI is InChI=1S/C18H17Cl2NO3/c1-21(11-13-5-3-2-4-6-13)17(22)12-24-18(23)10-14-7-8-15(19)16(20)9-14/h2-9H,10-12H2,1H3. The van der Waals surface area contributed by atoms with E-state index in [1.165, 1.54) is 4.90 Å². The van der Waals surface area contributed by atoms with E-state index < -0.39 is 5.97 Å². The number of nitrogens with zero attached hydrogens (tertiary/aromatic N) is 1. The Kier molecular flexibility index (Phi) is 6.64. The molecule has 126 valence electrons. The molecule has 0 bridgehead atoms. The summed E-state index contributed by atoms with van der Waals surface area (Å²) in [5, 5.41) is 0.798. The predicted molar refractivity (Wildman–Crippen MR) is 94.0 cm³/mol. The molecule has 0 aromatic heterocycles. The molecule has 1 amide bonds. The highest BCUT2D eigenvalue weighted by Gasteiger charge is 2.13. The number of rotatable bonds is 6. The van der Waals surface area contributed by atoms with Crippen LogP contribution in [0.15, 0.2) is 48.5 Å². The number of carbonyl (C=O) groups is 2. The third-order valence-electron chi connectivity index (χ3n) is 3.38. The summed E-state index contributed by atoms with van der Waals surface area (Å²) >= 11 is 11.7. The summed E-state index contributed by atoms with van der Waals surface area (Å²) in [6.45, 7) is 0.174. The average molecular weight is 366 g/mol. The third kappa shape index (κ3) is 5.55. The lowest BCUT2D eigenvalue weighted by Gasteiger charge is -2.17. The largest absolute Gasteiger partial charge is 0.455 e. The second-order valence-corrected chi connectivity index (χ2v) is 6.14. The van der Waals surface area contributed by atoms with Gasteiger partial charge in [0, 0.05) is 13.6 Å². The molecule has 0 saturated carbocycles. The van der Waals surface area contributed by atoms with Crippen molar-refractivity contribution in [2.45, 2.75) is 13.0 Å². The monoisotopic (exact) mass is 365 g/mol. The number of benzene rings is 2. The van der Waals surface area contributed by atoms with E-state index in [4.69, 9.17) is 27.9 Å². The second-order valence-electron chi connectivity index (χ2n) is 5.32. The van der Waals surface area contributed by atoms with Gasteiger partial charge < -0.3 is 9.64 Å². The fourth-order valence-corrected chi connectivity index (χ4v) is 2.39. The molecule has 0 aliphatic rings. The average Bonchev–Trinajstić information content (AvgIpc) is 2.57. The summed E-state index contributed by atoms with van der Waals surface area (Å²) in [5.74, 6) is -0.754. The van der Waals surface area contributed by atoms with E-state index in [9.17, 15) is 9.59 Å². The molecular weight excluding hydrogens is 349 g/mol. The van der Waals surface area contributed by atoms with Crippen LogP contribution in [0.2, 0.25) is 10.0 Å². The molecule has 0 saturated heterocycles. The molecule has 24 heavy (non-hydrogen) atoms. The van der Waals surface area contributed by atoms with Crippen molar-refractivity contribution in [3.63, 3.8) is 0 Å². The van der Waals surface area contributed by atoms with Gasteiger partial charge in [-0.1, -0.05) is 59.6 Å². The van der Waals surface area contributed by atoms with Crippen LogP contribution in [0.4, 0.5) is 0 Å². The number of carbonyl (C=O) groups excluding carboxylic acids is 2. The van der Waals surface area contributed by atoms with Crippen molar-refractivity contribution < 1.29 is 14.3 Å². The first-order chi connectivity index (χ1) is 11.5. The van der Waals surface area contributed by atoms with Crippen molar-refractivity contribution in [2.75, 3.05) is 13.7 Å². The zero-order valence-corrected chi connectivity index (χ0v) is 14.7. The quantitative estimate of drug-likeness (QED) is 0.732. The van der Waals surface area contributed by atoms with Crippen molar-refractivity contribution in [1.82, 2.24) is 4.90 Å². The maximum atomic E-state index is 12.0. The van der Waals surface area contributed by atoms with Crippen LogP contribution in [0, 0.1) is 0 Å². The molecule has 6 heteroatoms. The highest BCUT2D eigenvalue weighted by atomic mass is 35.5. The summed E-state index contributed by atoms with van der Waals surface area (Å²) < 4.78 is 5.03. The second kappa shape index (κ2) is 8.71. The van der Waals surface area contributed by atoms with Crippen molar-refractivity contribution in [3.8, 4) is 0 Å². The molecule has 4 nitrogen and oxygen atoms in total. The van der Waals surface area contributed by atoms with Gasteiger partial charge in [-0.15, -0.1) is 0 Å². The topological polar surface area (TPSA) is 46.6 Å². The Labute approximate surface area is 150 Å². The van der Waals surface area contributed by atoms with Gasteiger partial charge in [0.25, 0.3) is 5.91 Å². The fraction of sp³-hybridized carbons (Fsp3) is 0.222. The van der Waals surface area contributed by atoms with E-state index >= 15 is 0 Å². The number of likely N-dealkylation sites (N-methyl/N-ethyl adjacent to an activating group) is 1. The Morgan fingerprint density at radius 1 is 1.00 bits per heavy atom. The number of esters is 1. The lowest BCUT2D eigenvalue weighted by atomic mass is 10.1. The smallest absolute Gasteiger partial charge is 0.310 e. The van der Waals surface area contributed by atoms with Gasteiger partial charge in [-0.25, -0.2) is 0 Å². The first-order valence-corrected chi connectivity index (χ1v) is 8.08. The predicted octanol–water partition coefficient (Wildman–Crippen LogP) is 3.74. The van der Waals surface area contributed by atoms with Gasteiger partial charge in [0.15, 0.2) is 6.61 Å². The van der Waals surface area contributed by atoms with Crippen LogP contribution in [0.3, 0.4) is 0 Å². The summed E-state index contributed by atoms with van der Waals surface area (Å²) in [6, 6.07) is 14.5. The lowest BCUT2D eigenvalue weighted by Crippen LogP contribution is -2.31. The van der Waals surface area contributed by atoms with Crippen LogP contribution in [0.25, 0.3) is 0 Å². The minimum Gasteiger partial charge on any atom is -0.455 e. The number of hydrogen-bond acceptors (Lipinski definition) is 3. The van der Waals surface area contributed by atoms with E-state index in [1.54, 1.807) is 25.2 Å². The van der Waals surface area contributed by atoms with Gasteiger partial charge in [-0.2, -0.15) is 0 Å². The van der Waals surface area contributed by atoms with Crippen LogP contribution >= 0.6 is 23.2 Å². The number of ether oxygens (including phenoxy) is 1. The lowest BCUT2D eigenvalue weighted by molar-refractivity contribution is -0.151. The van der Waals surface area contributed by atoms with Crippen molar-refractivity contribution >= 4 is 35.1 Å². The van der Waals surface area contributed by atoms with Crippen molar-refractivity contribution in [1.29, 1.82) is 0 Å². The van der Waals surface area contributed by atoms with E-state index in [1.807, 2.05) is 30.3 Å². The van der Waals surface area contributed by atoms with Gasteiger partial charge in [-0.3, -0.25) is 9.59 Å². The first-order valence-electron chi connectivity index (χ1n) is 7.33. The molecule has 2 rings (SSSR count). The molecule has 0 aliphatic heterocycles. The minimum absolute atomic E-state index is 0.0343. The van der Waals surface area contributed by atoms with Gasteiger partial charge >= 0.3 is 5.97 Å². The minimum atomic E-state index is -0.491. The first kappa shape index (κ1) is 18.3. The molecule has 0 N–H and O–H groups in total.